The quantitative estimate of drug-likeness (QED) is 0.588. The molecule has 9 heteroatoms. The Bertz CT molecular complexity index is 192. The van der Waals surface area contributed by atoms with Crippen molar-refractivity contribution in [3.63, 3.8) is 0 Å². The van der Waals surface area contributed by atoms with Crippen LogP contribution in [0.25, 0.3) is 0 Å². The van der Waals surface area contributed by atoms with Gasteiger partial charge in [-0.15, -0.1) is 6.82 Å². The Morgan fingerprint density at radius 2 is 0.667 bits per heavy atom. The number of hydrogen-bond donors (Lipinski definition) is 0. The average Bonchev–Trinajstić information content (AvgIpc) is 2.13. The van der Waals surface area contributed by atoms with Crippen LogP contribution in [0.2, 0.25) is 61.4 Å². The van der Waals surface area contributed by atoms with Crippen molar-refractivity contribution in [1.82, 2.24) is 0 Å². The standard InChI is InChI=1S/C9H27B9/c1-11(2)16(12(3)4)18(15(9)10)17(13(5)6)14(7)8/h1-9H3. The highest BCUT2D eigenvalue weighted by Crippen LogP contribution is 2.12. The van der Waals surface area contributed by atoms with E-state index in [-0.39, 0.29) is 6.49 Å². The predicted octanol–water partition coefficient (Wildman–Crippen LogP) is 1.83. The molecule has 0 N–H and O–H groups in total. The smallest absolute Gasteiger partial charge is 0.0850 e. The van der Waals surface area contributed by atoms with E-state index in [2.05, 4.69) is 61.4 Å². The molecule has 0 aliphatic rings. The Morgan fingerprint density at radius 3 is 0.778 bits per heavy atom. The molecular weight excluding hydrogens is 205 g/mol. The van der Waals surface area contributed by atoms with Crippen molar-refractivity contribution in [1.29, 1.82) is 0 Å². The second kappa shape index (κ2) is 8.00. The van der Waals surface area contributed by atoms with Gasteiger partial charge in [0.15, 0.2) is 0 Å². The normalized spacial score (nSPS) is 9.61. The van der Waals surface area contributed by atoms with Crippen LogP contribution in [0.15, 0.2) is 0 Å². The van der Waals surface area contributed by atoms with Crippen LogP contribution >= 0.6 is 0 Å². The molecule has 0 aliphatic carbocycles. The van der Waals surface area contributed by atoms with Crippen LogP contribution in [0.1, 0.15) is 0 Å². The molecule has 0 saturated heterocycles. The minimum absolute atomic E-state index is 0.287. The van der Waals surface area contributed by atoms with Crippen molar-refractivity contribution in [2.45, 2.75) is 61.4 Å². The maximum atomic E-state index is 6.39. The molecule has 0 aliphatic heterocycles. The van der Waals surface area contributed by atoms with Gasteiger partial charge in [0.25, 0.3) is 0 Å². The van der Waals surface area contributed by atoms with E-state index in [9.17, 15) is 0 Å². The molecule has 0 spiro atoms. The summed E-state index contributed by atoms with van der Waals surface area (Å²) in [6, 6.07) is 0. The molecule has 0 heterocycles. The molecule has 2 radical (unpaired) electrons. The Morgan fingerprint density at radius 1 is 0.444 bits per heavy atom. The highest BCUT2D eigenvalue weighted by Gasteiger charge is 2.45. The van der Waals surface area contributed by atoms with Gasteiger partial charge in [-0.1, -0.05) is 54.6 Å². The van der Waals surface area contributed by atoms with Crippen molar-refractivity contribution in [3.8, 4) is 0 Å². The molecule has 0 fully saturated rings. The van der Waals surface area contributed by atoms with Gasteiger partial charge in [-0.3, -0.25) is 0 Å². The minimum atomic E-state index is 0.287. The monoisotopic (exact) mass is 234 g/mol. The van der Waals surface area contributed by atoms with E-state index in [1.807, 2.05) is 0 Å². The lowest BCUT2D eigenvalue weighted by Crippen LogP contribution is -2.73. The third-order valence-electron chi connectivity index (χ3n) is 4.58. The largest absolute Gasteiger partial charge is 0.101 e. The fourth-order valence-electron chi connectivity index (χ4n) is 4.28. The second-order valence-corrected chi connectivity index (χ2v) is 7.57. The molecule has 0 saturated carbocycles. The molecule has 0 aromatic carbocycles. The SMILES string of the molecule is [B]B(C)B(B(B(C)C)B(C)C)B(B(C)C)B(C)C. The van der Waals surface area contributed by atoms with Crippen LogP contribution < -0.4 is 0 Å². The lowest BCUT2D eigenvalue weighted by Gasteiger charge is -2.37. The topological polar surface area (TPSA) is 0 Å². The van der Waals surface area contributed by atoms with Crippen molar-refractivity contribution in [2.75, 3.05) is 0 Å². The lowest BCUT2D eigenvalue weighted by molar-refractivity contribution is 2.04. The van der Waals surface area contributed by atoms with Gasteiger partial charge in [-0.05, 0) is 0 Å². The first-order valence-electron chi connectivity index (χ1n) is 7.86. The van der Waals surface area contributed by atoms with Crippen molar-refractivity contribution < 1.29 is 0 Å². The molecule has 18 heavy (non-hydrogen) atoms. The van der Waals surface area contributed by atoms with Crippen LogP contribution in [0.5, 0.6) is 0 Å². The Labute approximate surface area is 121 Å². The maximum Gasteiger partial charge on any atom is 0.0850 e. The van der Waals surface area contributed by atoms with Crippen LogP contribution in [0.4, 0.5) is 0 Å². The van der Waals surface area contributed by atoms with Crippen molar-refractivity contribution in [3.05, 3.63) is 0 Å². The summed E-state index contributed by atoms with van der Waals surface area (Å²) in [7, 11) is 6.39. The van der Waals surface area contributed by atoms with Crippen LogP contribution in [-0.2, 0) is 0 Å². The Kier molecular flexibility index (Phi) is 8.26. The van der Waals surface area contributed by atoms with E-state index in [1.54, 1.807) is 0 Å². The molecule has 0 nitrogen and oxygen atoms in total. The zero-order valence-electron chi connectivity index (χ0n) is 14.2. The van der Waals surface area contributed by atoms with E-state index in [0.29, 0.717) is 32.8 Å². The van der Waals surface area contributed by atoms with Crippen LogP contribution in [0, 0.1) is 0 Å². The highest BCUT2D eigenvalue weighted by atomic mass is 13.5. The maximum absolute atomic E-state index is 6.39. The molecule has 0 bridgehead atoms. The first kappa shape index (κ1) is 18.6. The van der Waals surface area contributed by atoms with E-state index in [4.69, 9.17) is 7.74 Å². The summed E-state index contributed by atoms with van der Waals surface area (Å²) in [4.78, 5) is 0. The second-order valence-electron chi connectivity index (χ2n) is 7.57. The summed E-state index contributed by atoms with van der Waals surface area (Å²) in [5.74, 6) is 0. The molecule has 90 valence electrons. The van der Waals surface area contributed by atoms with Crippen molar-refractivity contribution >= 4 is 59.8 Å². The van der Waals surface area contributed by atoms with Gasteiger partial charge in [-0.2, -0.15) is 0 Å². The van der Waals surface area contributed by atoms with Gasteiger partial charge in [0, 0.05) is 33.4 Å². The van der Waals surface area contributed by atoms with E-state index >= 15 is 0 Å². The van der Waals surface area contributed by atoms with E-state index < -0.39 is 0 Å². The van der Waals surface area contributed by atoms with Gasteiger partial charge in [-0.25, -0.2) is 0 Å². The third-order valence-corrected chi connectivity index (χ3v) is 4.58. The highest BCUT2D eigenvalue weighted by molar-refractivity contribution is 8.03. The summed E-state index contributed by atoms with van der Waals surface area (Å²) in [5, 5.41) is 0. The molecule has 0 amide bonds. The van der Waals surface area contributed by atoms with Gasteiger partial charge >= 0.3 is 0 Å². The van der Waals surface area contributed by atoms with Crippen LogP contribution in [0.3, 0.4) is 0 Å². The lowest BCUT2D eigenvalue weighted by atomic mass is 8.49. The third kappa shape index (κ3) is 4.93. The summed E-state index contributed by atoms with van der Waals surface area (Å²) in [5.41, 5.74) is 0. The van der Waals surface area contributed by atoms with Gasteiger partial charge in [0.05, 0.1) is 26.4 Å². The molecule has 0 rings (SSSR count). The molecular formula is C9H27B9. The first-order chi connectivity index (χ1) is 8.11. The minimum Gasteiger partial charge on any atom is -0.101 e. The van der Waals surface area contributed by atoms with Gasteiger partial charge in [0.2, 0.25) is 0 Å². The number of hydrogen-bond acceptors (Lipinski definition) is 0. The summed E-state index contributed by atoms with van der Waals surface area (Å²) in [6.07, 6.45) is 2.07. The molecule has 0 aromatic heterocycles. The fourth-order valence-corrected chi connectivity index (χ4v) is 4.28. The van der Waals surface area contributed by atoms with E-state index in [1.165, 1.54) is 0 Å². The van der Waals surface area contributed by atoms with Crippen LogP contribution in [-0.4, -0.2) is 59.8 Å². The van der Waals surface area contributed by atoms with Gasteiger partial charge < -0.3 is 0 Å². The Balaban J connectivity index is 5.37. The Hall–Kier alpha value is 0.584. The number of rotatable bonds is 7. The predicted molar refractivity (Wildman–Crippen MR) is 105 cm³/mol. The molecule has 0 atom stereocenters. The van der Waals surface area contributed by atoms with Crippen molar-refractivity contribution in [2.24, 2.45) is 0 Å². The van der Waals surface area contributed by atoms with E-state index in [0.717, 1.165) is 12.8 Å². The van der Waals surface area contributed by atoms with Gasteiger partial charge in [0.1, 0.15) is 0 Å². The zero-order valence-corrected chi connectivity index (χ0v) is 14.2. The first-order valence-corrected chi connectivity index (χ1v) is 7.86. The molecule has 0 unspecified atom stereocenters. The molecule has 0 aromatic rings. The summed E-state index contributed by atoms with van der Waals surface area (Å²) in [6.45, 7) is 24.2. The summed E-state index contributed by atoms with van der Waals surface area (Å²) >= 11 is 0. The summed E-state index contributed by atoms with van der Waals surface area (Å²) < 4.78 is 0. The fraction of sp³-hybridized carbons (Fsp3) is 1.00. The zero-order chi connectivity index (χ0) is 14.6. The average molecular weight is 233 g/mol.